The zero-order valence-corrected chi connectivity index (χ0v) is 18.5. The van der Waals surface area contributed by atoms with Gasteiger partial charge in [0.25, 0.3) is 0 Å². The van der Waals surface area contributed by atoms with Gasteiger partial charge in [-0.1, -0.05) is 36.0 Å². The van der Waals surface area contributed by atoms with Crippen LogP contribution in [0.25, 0.3) is 31.3 Å². The van der Waals surface area contributed by atoms with Crippen LogP contribution in [0.2, 0.25) is 0 Å². The molecule has 154 valence electrons. The number of pyridine rings is 1. The van der Waals surface area contributed by atoms with Gasteiger partial charge < -0.3 is 10.1 Å². The molecule has 0 saturated heterocycles. The smallest absolute Gasteiger partial charge is 0.234 e. The molecule has 0 aliphatic rings. The second kappa shape index (κ2) is 8.13. The van der Waals surface area contributed by atoms with Crippen LogP contribution in [0, 0.1) is 6.92 Å². The normalized spacial score (nSPS) is 11.3. The largest absolute Gasteiger partial charge is 0.495 e. The SMILES string of the molecule is COc1ccccc1NC(=O)CSc1ncnc2c1sc1nc3cc(C)ccc3cc12. The van der Waals surface area contributed by atoms with Gasteiger partial charge in [0, 0.05) is 10.8 Å². The van der Waals surface area contributed by atoms with Gasteiger partial charge in [0.2, 0.25) is 5.91 Å². The molecule has 0 atom stereocenters. The zero-order valence-electron chi connectivity index (χ0n) is 16.9. The van der Waals surface area contributed by atoms with Gasteiger partial charge in [-0.3, -0.25) is 4.79 Å². The molecule has 8 heteroatoms. The Hall–Kier alpha value is -3.23. The van der Waals surface area contributed by atoms with Crippen molar-refractivity contribution < 1.29 is 9.53 Å². The maximum Gasteiger partial charge on any atom is 0.234 e. The minimum absolute atomic E-state index is 0.123. The summed E-state index contributed by atoms with van der Waals surface area (Å²) in [6.07, 6.45) is 1.55. The first-order valence-electron chi connectivity index (χ1n) is 9.62. The molecule has 0 unspecified atom stereocenters. The molecule has 1 N–H and O–H groups in total. The van der Waals surface area contributed by atoms with Crippen molar-refractivity contribution >= 4 is 66.0 Å². The Kier molecular flexibility index (Phi) is 5.17. The maximum atomic E-state index is 12.5. The van der Waals surface area contributed by atoms with Gasteiger partial charge in [0.1, 0.15) is 21.9 Å². The molecular weight excluding hydrogens is 428 g/mol. The number of nitrogens with one attached hydrogen (secondary N) is 1. The molecule has 3 aromatic heterocycles. The molecule has 3 heterocycles. The summed E-state index contributed by atoms with van der Waals surface area (Å²) in [4.78, 5) is 27.2. The minimum atomic E-state index is -0.123. The van der Waals surface area contributed by atoms with Gasteiger partial charge >= 0.3 is 0 Å². The molecule has 0 spiro atoms. The lowest BCUT2D eigenvalue weighted by molar-refractivity contribution is -0.113. The predicted octanol–water partition coefficient (Wildman–Crippen LogP) is 5.44. The highest BCUT2D eigenvalue weighted by molar-refractivity contribution is 8.00. The summed E-state index contributed by atoms with van der Waals surface area (Å²) in [5.41, 5.74) is 3.67. The molecule has 0 aliphatic carbocycles. The maximum absolute atomic E-state index is 12.5. The van der Waals surface area contributed by atoms with E-state index in [-0.39, 0.29) is 11.7 Å². The summed E-state index contributed by atoms with van der Waals surface area (Å²) in [6.45, 7) is 2.06. The number of rotatable bonds is 5. The van der Waals surface area contributed by atoms with Crippen LogP contribution in [-0.2, 0) is 4.79 Å². The number of aromatic nitrogens is 3. The lowest BCUT2D eigenvalue weighted by atomic mass is 10.1. The van der Waals surface area contributed by atoms with Crippen molar-refractivity contribution in [3.05, 3.63) is 60.4 Å². The number of thioether (sulfide) groups is 1. The Bertz CT molecular complexity index is 1450. The van der Waals surface area contributed by atoms with Gasteiger partial charge in [0.15, 0.2) is 0 Å². The third-order valence-corrected chi connectivity index (χ3v) is 7.10. The zero-order chi connectivity index (χ0) is 21.4. The van der Waals surface area contributed by atoms with E-state index in [4.69, 9.17) is 9.72 Å². The molecule has 6 nitrogen and oxygen atoms in total. The highest BCUT2D eigenvalue weighted by Gasteiger charge is 2.15. The number of benzene rings is 2. The van der Waals surface area contributed by atoms with E-state index >= 15 is 0 Å². The second-order valence-corrected chi connectivity index (χ2v) is 9.00. The standard InChI is InChI=1S/C23H18N4O2S2/c1-13-7-8-14-10-15-20-21(31-22(15)27-17(14)9-13)23(25-12-24-20)30-11-19(28)26-16-5-3-4-6-18(16)29-2/h3-10,12H,11H2,1-2H3,(H,26,28). The number of anilines is 1. The fraction of sp³-hybridized carbons (Fsp3) is 0.130. The average Bonchev–Trinajstić information content (AvgIpc) is 3.14. The number of hydrogen-bond acceptors (Lipinski definition) is 7. The average molecular weight is 447 g/mol. The third kappa shape index (κ3) is 3.80. The van der Waals surface area contributed by atoms with Gasteiger partial charge in [-0.2, -0.15) is 0 Å². The first-order valence-corrected chi connectivity index (χ1v) is 11.4. The van der Waals surface area contributed by atoms with E-state index in [2.05, 4.69) is 46.5 Å². The number of aryl methyl sites for hydroxylation is 1. The summed E-state index contributed by atoms with van der Waals surface area (Å²) < 4.78 is 6.24. The van der Waals surface area contributed by atoms with Crippen LogP contribution >= 0.6 is 23.1 Å². The van der Waals surface area contributed by atoms with Crippen LogP contribution in [0.4, 0.5) is 5.69 Å². The van der Waals surface area contributed by atoms with E-state index < -0.39 is 0 Å². The molecular formula is C23H18N4O2S2. The van der Waals surface area contributed by atoms with Crippen LogP contribution in [0.5, 0.6) is 5.75 Å². The number of carbonyl (C=O) groups is 1. The Morgan fingerprint density at radius 3 is 2.90 bits per heavy atom. The third-order valence-electron chi connectivity index (χ3n) is 4.88. The summed E-state index contributed by atoms with van der Waals surface area (Å²) >= 11 is 2.95. The van der Waals surface area contributed by atoms with Crippen molar-refractivity contribution in [3.8, 4) is 5.75 Å². The lowest BCUT2D eigenvalue weighted by Crippen LogP contribution is -2.14. The molecule has 31 heavy (non-hydrogen) atoms. The van der Waals surface area contributed by atoms with Crippen LogP contribution in [0.3, 0.4) is 0 Å². The minimum Gasteiger partial charge on any atom is -0.495 e. The van der Waals surface area contributed by atoms with Gasteiger partial charge in [-0.25, -0.2) is 15.0 Å². The fourth-order valence-corrected chi connectivity index (χ4v) is 5.41. The number of carbonyl (C=O) groups excluding carboxylic acids is 1. The van der Waals surface area contributed by atoms with Crippen LogP contribution < -0.4 is 10.1 Å². The van der Waals surface area contributed by atoms with E-state index in [1.165, 1.54) is 17.3 Å². The summed E-state index contributed by atoms with van der Waals surface area (Å²) in [5, 5.41) is 5.78. The molecule has 1 amide bonds. The summed E-state index contributed by atoms with van der Waals surface area (Å²) in [7, 11) is 1.58. The monoisotopic (exact) mass is 446 g/mol. The first-order chi connectivity index (χ1) is 15.1. The number of hydrogen-bond donors (Lipinski definition) is 1. The molecule has 2 aromatic carbocycles. The number of fused-ring (bicyclic) bond motifs is 4. The number of thiophene rings is 1. The lowest BCUT2D eigenvalue weighted by Gasteiger charge is -2.09. The Morgan fingerprint density at radius 1 is 1.16 bits per heavy atom. The summed E-state index contributed by atoms with van der Waals surface area (Å²) in [5.74, 6) is 0.734. The quantitative estimate of drug-likeness (QED) is 0.286. The predicted molar refractivity (Wildman–Crippen MR) is 127 cm³/mol. The van der Waals surface area contributed by atoms with E-state index in [1.807, 2.05) is 24.3 Å². The summed E-state index contributed by atoms with van der Waals surface area (Å²) in [6, 6.07) is 15.7. The van der Waals surface area contributed by atoms with E-state index in [9.17, 15) is 4.79 Å². The van der Waals surface area contributed by atoms with E-state index in [0.29, 0.717) is 11.4 Å². The van der Waals surface area contributed by atoms with Crippen molar-refractivity contribution in [1.29, 1.82) is 0 Å². The van der Waals surface area contributed by atoms with Gasteiger partial charge in [0.05, 0.1) is 34.3 Å². The van der Waals surface area contributed by atoms with Gasteiger partial charge in [-0.15, -0.1) is 11.3 Å². The van der Waals surface area contributed by atoms with Crippen molar-refractivity contribution in [1.82, 2.24) is 15.0 Å². The van der Waals surface area contributed by atoms with E-state index in [1.54, 1.807) is 24.8 Å². The number of ether oxygens (including phenoxy) is 1. The Balaban J connectivity index is 1.44. The van der Waals surface area contributed by atoms with Gasteiger partial charge in [-0.05, 0) is 36.8 Å². The molecule has 0 bridgehead atoms. The van der Waals surface area contributed by atoms with Crippen molar-refractivity contribution in [3.63, 3.8) is 0 Å². The number of amides is 1. The van der Waals surface area contributed by atoms with Crippen molar-refractivity contribution in [2.45, 2.75) is 11.9 Å². The highest BCUT2D eigenvalue weighted by atomic mass is 32.2. The van der Waals surface area contributed by atoms with Crippen LogP contribution in [0.1, 0.15) is 5.56 Å². The number of nitrogens with zero attached hydrogens (tertiary/aromatic N) is 3. The molecule has 0 saturated carbocycles. The van der Waals surface area contributed by atoms with Crippen molar-refractivity contribution in [2.75, 3.05) is 18.2 Å². The first kappa shape index (κ1) is 19.7. The molecule has 5 aromatic rings. The molecule has 0 fully saturated rings. The molecule has 5 rings (SSSR count). The Morgan fingerprint density at radius 2 is 2.03 bits per heavy atom. The van der Waals surface area contributed by atoms with Crippen molar-refractivity contribution in [2.24, 2.45) is 0 Å². The van der Waals surface area contributed by atoms with E-state index in [0.717, 1.165) is 36.4 Å². The topological polar surface area (TPSA) is 77.0 Å². The Labute approximate surface area is 186 Å². The molecule has 0 radical (unpaired) electrons. The second-order valence-electron chi connectivity index (χ2n) is 7.03. The molecule has 0 aliphatic heterocycles. The highest BCUT2D eigenvalue weighted by Crippen LogP contribution is 2.37. The van der Waals surface area contributed by atoms with Crippen LogP contribution in [0.15, 0.2) is 59.9 Å². The fourth-order valence-electron chi connectivity index (χ4n) is 3.42. The number of methoxy groups -OCH3 is 1. The number of para-hydroxylation sites is 2. The van der Waals surface area contributed by atoms with Crippen LogP contribution in [-0.4, -0.2) is 33.7 Å².